The second-order valence-electron chi connectivity index (χ2n) is 10.7. The first-order valence-corrected chi connectivity index (χ1v) is 13.8. The summed E-state index contributed by atoms with van der Waals surface area (Å²) in [6.07, 6.45) is 9.21. The summed E-state index contributed by atoms with van der Waals surface area (Å²) in [7, 11) is 0. The number of benzene rings is 1. The van der Waals surface area contributed by atoms with Crippen LogP contribution < -0.4 is 10.1 Å². The van der Waals surface area contributed by atoms with E-state index in [1.54, 1.807) is 0 Å². The fraction of sp³-hybridized carbons (Fsp3) is 0.400. The quantitative estimate of drug-likeness (QED) is 0.434. The number of rotatable bonds is 3. The lowest BCUT2D eigenvalue weighted by atomic mass is 9.73. The van der Waals surface area contributed by atoms with Gasteiger partial charge in [-0.1, -0.05) is 29.5 Å². The summed E-state index contributed by atoms with van der Waals surface area (Å²) in [5.74, 6) is 1.87. The Morgan fingerprint density at radius 1 is 1.03 bits per heavy atom. The molecule has 2 bridgehead atoms. The van der Waals surface area contributed by atoms with Crippen LogP contribution in [0.25, 0.3) is 5.82 Å². The molecule has 4 aromatic rings. The van der Waals surface area contributed by atoms with Crippen LogP contribution in [0.1, 0.15) is 48.2 Å². The number of carbonyl (C=O) groups excluding carboxylic acids is 1. The molecule has 6 rings (SSSR count). The summed E-state index contributed by atoms with van der Waals surface area (Å²) in [4.78, 5) is 20.8. The molecule has 39 heavy (non-hydrogen) atoms. The average molecular weight is 526 g/mol. The highest BCUT2D eigenvalue weighted by Crippen LogP contribution is 2.38. The van der Waals surface area contributed by atoms with Crippen LogP contribution in [0.3, 0.4) is 0 Å². The molecule has 1 fully saturated rings. The molecule has 2 aliphatic rings. The minimum absolute atomic E-state index is 0.140. The molecule has 1 amide bonds. The van der Waals surface area contributed by atoms with Gasteiger partial charge in [0.1, 0.15) is 23.9 Å². The second-order valence-corrected chi connectivity index (χ2v) is 10.7. The van der Waals surface area contributed by atoms with Gasteiger partial charge in [0.15, 0.2) is 0 Å². The Morgan fingerprint density at radius 2 is 1.90 bits per heavy atom. The number of carbonyl (C=O) groups is 1. The van der Waals surface area contributed by atoms with Gasteiger partial charge in [-0.2, -0.15) is 0 Å². The molecule has 1 spiro atoms. The number of pyridine rings is 1. The summed E-state index contributed by atoms with van der Waals surface area (Å²) < 4.78 is 10.1. The predicted molar refractivity (Wildman–Crippen MR) is 147 cm³/mol. The van der Waals surface area contributed by atoms with Crippen LogP contribution in [0.2, 0.25) is 0 Å². The number of aromatic nitrogens is 5. The van der Waals surface area contributed by atoms with Crippen LogP contribution in [0.4, 0.5) is 0 Å². The van der Waals surface area contributed by atoms with Gasteiger partial charge in [-0.15, -0.1) is 5.10 Å². The highest BCUT2D eigenvalue weighted by molar-refractivity contribution is 5.82. The van der Waals surface area contributed by atoms with Gasteiger partial charge >= 0.3 is 0 Å². The number of hydrogen-bond donors (Lipinski definition) is 1. The van der Waals surface area contributed by atoms with Crippen molar-refractivity contribution in [3.8, 4) is 11.6 Å². The molecule has 1 aromatic carbocycles. The van der Waals surface area contributed by atoms with Gasteiger partial charge in [-0.3, -0.25) is 14.4 Å². The predicted octanol–water partition coefficient (Wildman–Crippen LogP) is 4.04. The number of amides is 1. The van der Waals surface area contributed by atoms with E-state index < -0.39 is 5.41 Å². The third kappa shape index (κ3) is 5.45. The number of nitrogens with one attached hydrogen (secondary N) is 1. The van der Waals surface area contributed by atoms with E-state index in [1.165, 1.54) is 5.69 Å². The molecule has 5 heterocycles. The number of piperidine rings is 1. The van der Waals surface area contributed by atoms with Crippen LogP contribution in [0.15, 0.2) is 67.1 Å². The van der Waals surface area contributed by atoms with Gasteiger partial charge in [0, 0.05) is 43.3 Å². The van der Waals surface area contributed by atoms with Crippen LogP contribution in [-0.4, -0.2) is 48.4 Å². The van der Waals surface area contributed by atoms with E-state index in [2.05, 4.69) is 61.4 Å². The highest BCUT2D eigenvalue weighted by atomic mass is 16.5. The van der Waals surface area contributed by atoms with E-state index in [-0.39, 0.29) is 5.91 Å². The van der Waals surface area contributed by atoms with Crippen LogP contribution in [0, 0.1) is 12.3 Å². The molecule has 1 saturated heterocycles. The highest BCUT2D eigenvalue weighted by Gasteiger charge is 2.41. The number of fused-ring (bicyclic) bond motifs is 3. The summed E-state index contributed by atoms with van der Waals surface area (Å²) in [5, 5.41) is 11.8. The smallest absolute Gasteiger partial charge is 0.226 e. The van der Waals surface area contributed by atoms with E-state index in [4.69, 9.17) is 4.74 Å². The van der Waals surface area contributed by atoms with Crippen LogP contribution >= 0.6 is 0 Å². The minimum Gasteiger partial charge on any atom is -0.487 e. The van der Waals surface area contributed by atoms with Gasteiger partial charge in [-0.25, -0.2) is 4.98 Å². The van der Waals surface area contributed by atoms with Crippen molar-refractivity contribution in [2.45, 2.75) is 58.8 Å². The fourth-order valence-electron chi connectivity index (χ4n) is 5.84. The number of para-hydroxylation sites is 1. The van der Waals surface area contributed by atoms with Crippen LogP contribution in [0.5, 0.6) is 5.75 Å². The zero-order chi connectivity index (χ0) is 26.7. The van der Waals surface area contributed by atoms with E-state index in [0.717, 1.165) is 80.3 Å². The lowest BCUT2D eigenvalue weighted by Gasteiger charge is -2.41. The number of ether oxygens (including phenoxy) is 1. The average Bonchev–Trinajstić information content (AvgIpc) is 3.61. The van der Waals surface area contributed by atoms with E-state index in [1.807, 2.05) is 47.4 Å². The molecule has 2 aliphatic heterocycles. The van der Waals surface area contributed by atoms with Crippen molar-refractivity contribution in [1.82, 2.24) is 34.8 Å². The molecule has 0 unspecified atom stereocenters. The zero-order valence-electron chi connectivity index (χ0n) is 22.4. The Labute approximate surface area is 228 Å². The monoisotopic (exact) mass is 525 g/mol. The number of nitrogens with zero attached hydrogens (tertiary/aromatic N) is 6. The Bertz CT molecular complexity index is 1430. The third-order valence-corrected chi connectivity index (χ3v) is 8.14. The van der Waals surface area contributed by atoms with Crippen molar-refractivity contribution in [3.63, 3.8) is 0 Å². The van der Waals surface area contributed by atoms with Gasteiger partial charge in [0.2, 0.25) is 5.91 Å². The summed E-state index contributed by atoms with van der Waals surface area (Å²) in [5.41, 5.74) is 3.73. The Hall–Kier alpha value is -3.98. The molecule has 0 aliphatic carbocycles. The van der Waals surface area contributed by atoms with E-state index in [0.29, 0.717) is 13.2 Å². The normalized spacial score (nSPS) is 18.1. The van der Waals surface area contributed by atoms with Crippen LogP contribution in [-0.2, 0) is 31.0 Å². The van der Waals surface area contributed by atoms with E-state index >= 15 is 0 Å². The molecule has 9 nitrogen and oxygen atoms in total. The number of hydrogen-bond acceptors (Lipinski definition) is 6. The lowest BCUT2D eigenvalue weighted by Crippen LogP contribution is -2.48. The SMILES string of the molecule is Cc1cccnc1-n1cccc1CN1CCC2(CCCn3cc(nn3)COc3ccccc3CNC2=O)CC1. The first kappa shape index (κ1) is 25.3. The first-order chi connectivity index (χ1) is 19.1. The van der Waals surface area contributed by atoms with Gasteiger partial charge in [0.25, 0.3) is 0 Å². The summed E-state index contributed by atoms with van der Waals surface area (Å²) in [6.45, 7) is 6.19. The van der Waals surface area contributed by atoms with Crippen molar-refractivity contribution in [2.75, 3.05) is 13.1 Å². The molecule has 3 aromatic heterocycles. The maximum Gasteiger partial charge on any atom is 0.226 e. The van der Waals surface area contributed by atoms with Crippen molar-refractivity contribution < 1.29 is 9.53 Å². The minimum atomic E-state index is -0.403. The largest absolute Gasteiger partial charge is 0.487 e. The maximum atomic E-state index is 13.8. The van der Waals surface area contributed by atoms with Gasteiger partial charge < -0.3 is 14.6 Å². The molecular weight excluding hydrogens is 490 g/mol. The molecule has 0 atom stereocenters. The maximum absolute atomic E-state index is 13.8. The Morgan fingerprint density at radius 3 is 2.77 bits per heavy atom. The number of aryl methyl sites for hydroxylation is 2. The van der Waals surface area contributed by atoms with Gasteiger partial charge in [0.05, 0.1) is 11.6 Å². The first-order valence-electron chi connectivity index (χ1n) is 13.8. The Balaban J connectivity index is 1.18. The van der Waals surface area contributed by atoms with Crippen molar-refractivity contribution in [1.29, 1.82) is 0 Å². The fourth-order valence-corrected chi connectivity index (χ4v) is 5.84. The van der Waals surface area contributed by atoms with Crippen molar-refractivity contribution in [3.05, 3.63) is 89.6 Å². The Kier molecular flexibility index (Phi) is 7.15. The van der Waals surface area contributed by atoms with Crippen molar-refractivity contribution >= 4 is 5.91 Å². The molecular formula is C30H35N7O2. The molecule has 1 N–H and O–H groups in total. The third-order valence-electron chi connectivity index (χ3n) is 8.14. The van der Waals surface area contributed by atoms with Gasteiger partial charge in [-0.05, 0) is 75.5 Å². The lowest BCUT2D eigenvalue weighted by molar-refractivity contribution is -0.135. The second kappa shape index (κ2) is 11.0. The molecule has 202 valence electrons. The van der Waals surface area contributed by atoms with Crippen molar-refractivity contribution in [2.24, 2.45) is 5.41 Å². The number of likely N-dealkylation sites (tertiary alicyclic amines) is 1. The molecule has 0 saturated carbocycles. The molecule has 0 radical (unpaired) electrons. The zero-order valence-corrected chi connectivity index (χ0v) is 22.4. The standard InChI is InChI=1S/C30H35N7O2/c1-23-7-4-14-31-28(23)37-16-5-9-26(37)21-35-17-12-30(13-18-35)11-6-15-36-20-25(33-34-36)22-39-27-10-3-2-8-24(27)19-32-29(30)38/h2-5,7-10,14,16,20H,6,11-13,15,17-19,21-22H2,1H3,(H,32,38). The summed E-state index contributed by atoms with van der Waals surface area (Å²) >= 11 is 0. The van der Waals surface area contributed by atoms with E-state index in [9.17, 15) is 4.79 Å². The molecule has 9 heteroatoms. The summed E-state index contributed by atoms with van der Waals surface area (Å²) in [6, 6.07) is 16.2. The topological polar surface area (TPSA) is 90.1 Å².